The van der Waals surface area contributed by atoms with E-state index in [1.165, 1.54) is 5.56 Å². The topological polar surface area (TPSA) is 62.1 Å². The summed E-state index contributed by atoms with van der Waals surface area (Å²) < 4.78 is 10.3. The molecule has 7 nitrogen and oxygen atoms in total. The van der Waals surface area contributed by atoms with E-state index in [0.717, 1.165) is 33.2 Å². The van der Waals surface area contributed by atoms with Gasteiger partial charge in [0.25, 0.3) is 0 Å². The fourth-order valence-electron chi connectivity index (χ4n) is 5.00. The lowest BCUT2D eigenvalue weighted by molar-refractivity contribution is 0.484. The number of rotatable bonds is 4. The van der Waals surface area contributed by atoms with Gasteiger partial charge in [-0.15, -0.1) is 0 Å². The first-order chi connectivity index (χ1) is 18.7. The molecule has 0 radical (unpaired) electrons. The Hall–Kier alpha value is -4.96. The molecule has 0 saturated heterocycles. The van der Waals surface area contributed by atoms with Crippen LogP contribution in [-0.4, -0.2) is 24.3 Å². The van der Waals surface area contributed by atoms with Gasteiger partial charge in [-0.05, 0) is 66.4 Å². The molecule has 3 aromatic carbocycles. The molecule has 6 aromatic rings. The molecule has 0 aliphatic heterocycles. The van der Waals surface area contributed by atoms with Crippen LogP contribution in [0.2, 0.25) is 0 Å². The van der Waals surface area contributed by atoms with E-state index < -0.39 is 0 Å². The first kappa shape index (κ1) is 24.4. The van der Waals surface area contributed by atoms with Gasteiger partial charge < -0.3 is 4.74 Å². The van der Waals surface area contributed by atoms with Crippen molar-refractivity contribution < 1.29 is 4.74 Å². The van der Waals surface area contributed by atoms with Gasteiger partial charge in [0.1, 0.15) is 23.1 Å². The van der Waals surface area contributed by atoms with Crippen LogP contribution in [0.1, 0.15) is 32.2 Å². The first-order valence-electron chi connectivity index (χ1n) is 12.8. The molecule has 3 heterocycles. The van der Waals surface area contributed by atoms with Crippen LogP contribution in [0.3, 0.4) is 0 Å². The van der Waals surface area contributed by atoms with Crippen molar-refractivity contribution in [2.75, 3.05) is 0 Å². The highest BCUT2D eigenvalue weighted by Gasteiger charge is 2.18. The SMILES string of the molecule is [C-]#[N+]c1cc(Oc2ccc3c4ccccc4n(-c4cc(C(C)(C)C)ccn4)c3c2)cc(-c2nc(C)nn2C)c1. The zero-order valence-electron chi connectivity index (χ0n) is 22.6. The number of aryl methyl sites for hydroxylation is 2. The molecular formula is C32H28N6O. The third kappa shape index (κ3) is 4.40. The maximum atomic E-state index is 7.61. The van der Waals surface area contributed by atoms with Crippen molar-refractivity contribution >= 4 is 27.5 Å². The van der Waals surface area contributed by atoms with Gasteiger partial charge in [-0.3, -0.25) is 4.57 Å². The standard InChI is InChI=1S/C32H28N6O/c1-20-35-31(37(6)36-20)21-15-23(33-5)18-25(16-21)39-24-11-12-27-26-9-7-8-10-28(26)38(29(27)19-24)30-17-22(13-14-34-30)32(2,3)4/h7-19H,1-4,6H3. The van der Waals surface area contributed by atoms with Gasteiger partial charge in [-0.25, -0.2) is 19.5 Å². The fourth-order valence-corrected chi connectivity index (χ4v) is 5.00. The Bertz CT molecular complexity index is 1920. The molecule has 3 aromatic heterocycles. The van der Waals surface area contributed by atoms with Crippen LogP contribution >= 0.6 is 0 Å². The lowest BCUT2D eigenvalue weighted by Gasteiger charge is -2.20. The highest BCUT2D eigenvalue weighted by molar-refractivity contribution is 6.09. The maximum absolute atomic E-state index is 7.61. The Morgan fingerprint density at radius 2 is 1.67 bits per heavy atom. The number of hydrogen-bond donors (Lipinski definition) is 0. The Morgan fingerprint density at radius 1 is 0.872 bits per heavy atom. The highest BCUT2D eigenvalue weighted by atomic mass is 16.5. The lowest BCUT2D eigenvalue weighted by Crippen LogP contribution is -2.12. The molecule has 0 bridgehead atoms. The minimum absolute atomic E-state index is 0.00237. The number of pyridine rings is 1. The number of hydrogen-bond acceptors (Lipinski definition) is 4. The Balaban J connectivity index is 1.49. The Kier molecular flexibility index (Phi) is 5.69. The van der Waals surface area contributed by atoms with E-state index in [1.54, 1.807) is 16.8 Å². The van der Waals surface area contributed by atoms with Gasteiger partial charge in [-0.1, -0.05) is 39.0 Å². The van der Waals surface area contributed by atoms with Crippen LogP contribution in [0.15, 0.2) is 79.0 Å². The second-order valence-electron chi connectivity index (χ2n) is 10.7. The third-order valence-electron chi connectivity index (χ3n) is 6.87. The van der Waals surface area contributed by atoms with Crippen molar-refractivity contribution in [3.63, 3.8) is 0 Å². The monoisotopic (exact) mass is 512 g/mol. The molecular weight excluding hydrogens is 484 g/mol. The molecule has 0 amide bonds. The van der Waals surface area contributed by atoms with E-state index in [0.29, 0.717) is 28.8 Å². The van der Waals surface area contributed by atoms with Crippen molar-refractivity contribution in [2.24, 2.45) is 7.05 Å². The molecule has 0 spiro atoms. The molecule has 0 aliphatic rings. The minimum atomic E-state index is -0.00237. The number of aromatic nitrogens is 5. The predicted octanol–water partition coefficient (Wildman–Crippen LogP) is 7.92. The number of ether oxygens (including phenoxy) is 1. The van der Waals surface area contributed by atoms with Gasteiger partial charge in [0, 0.05) is 35.6 Å². The van der Waals surface area contributed by atoms with Gasteiger partial charge in [0.15, 0.2) is 11.5 Å². The summed E-state index contributed by atoms with van der Waals surface area (Å²) in [5.74, 6) is 3.45. The molecule has 0 saturated carbocycles. The first-order valence-corrected chi connectivity index (χ1v) is 12.8. The molecule has 0 N–H and O–H groups in total. The Labute approximate surface area is 227 Å². The van der Waals surface area contributed by atoms with Crippen molar-refractivity contribution in [3.05, 3.63) is 102 Å². The summed E-state index contributed by atoms with van der Waals surface area (Å²) in [6.07, 6.45) is 1.88. The molecule has 192 valence electrons. The highest BCUT2D eigenvalue weighted by Crippen LogP contribution is 2.37. The predicted molar refractivity (Wildman–Crippen MR) is 155 cm³/mol. The van der Waals surface area contributed by atoms with Gasteiger partial charge in [-0.2, -0.15) is 5.10 Å². The second-order valence-corrected chi connectivity index (χ2v) is 10.7. The van der Waals surface area contributed by atoms with E-state index in [-0.39, 0.29) is 5.41 Å². The van der Waals surface area contributed by atoms with Gasteiger partial charge in [0.05, 0.1) is 17.6 Å². The Morgan fingerprint density at radius 3 is 2.41 bits per heavy atom. The van der Waals surface area contributed by atoms with Crippen LogP contribution < -0.4 is 4.74 Å². The van der Waals surface area contributed by atoms with Crippen molar-refractivity contribution in [2.45, 2.75) is 33.1 Å². The lowest BCUT2D eigenvalue weighted by atomic mass is 9.88. The van der Waals surface area contributed by atoms with E-state index in [9.17, 15) is 0 Å². The van der Waals surface area contributed by atoms with Crippen molar-refractivity contribution in [3.8, 4) is 28.7 Å². The average molecular weight is 513 g/mol. The molecule has 39 heavy (non-hydrogen) atoms. The number of fused-ring (bicyclic) bond motifs is 3. The fraction of sp³-hybridized carbons (Fsp3) is 0.188. The number of benzene rings is 3. The summed E-state index contributed by atoms with van der Waals surface area (Å²) in [4.78, 5) is 12.9. The zero-order chi connectivity index (χ0) is 27.3. The maximum Gasteiger partial charge on any atom is 0.191 e. The van der Waals surface area contributed by atoms with E-state index in [2.05, 4.69) is 76.7 Å². The van der Waals surface area contributed by atoms with E-state index >= 15 is 0 Å². The second kappa shape index (κ2) is 9.10. The van der Waals surface area contributed by atoms with Crippen LogP contribution in [0.4, 0.5) is 5.69 Å². The normalized spacial score (nSPS) is 11.7. The van der Waals surface area contributed by atoms with Crippen LogP contribution in [0, 0.1) is 13.5 Å². The van der Waals surface area contributed by atoms with E-state index in [4.69, 9.17) is 16.3 Å². The number of para-hydroxylation sites is 1. The van der Waals surface area contributed by atoms with Crippen LogP contribution in [0.5, 0.6) is 11.5 Å². The smallest absolute Gasteiger partial charge is 0.191 e. The minimum Gasteiger partial charge on any atom is -0.459 e. The molecule has 6 rings (SSSR count). The third-order valence-corrected chi connectivity index (χ3v) is 6.87. The largest absolute Gasteiger partial charge is 0.459 e. The summed E-state index contributed by atoms with van der Waals surface area (Å²) in [5.41, 5.74) is 4.54. The van der Waals surface area contributed by atoms with Gasteiger partial charge >= 0.3 is 0 Å². The van der Waals surface area contributed by atoms with Gasteiger partial charge in [0.2, 0.25) is 0 Å². The molecule has 7 heteroatoms. The molecule has 0 unspecified atom stereocenters. The summed E-state index contributed by atoms with van der Waals surface area (Å²) in [7, 11) is 1.84. The van der Waals surface area contributed by atoms with Crippen LogP contribution in [0.25, 0.3) is 43.9 Å². The number of nitrogens with zero attached hydrogens (tertiary/aromatic N) is 6. The molecule has 0 atom stereocenters. The van der Waals surface area contributed by atoms with Crippen molar-refractivity contribution in [1.82, 2.24) is 24.3 Å². The molecule has 0 aliphatic carbocycles. The summed E-state index contributed by atoms with van der Waals surface area (Å²) >= 11 is 0. The summed E-state index contributed by atoms with van der Waals surface area (Å²) in [6.45, 7) is 16.1. The average Bonchev–Trinajstić information content (AvgIpc) is 3.43. The summed E-state index contributed by atoms with van der Waals surface area (Å²) in [5, 5.41) is 6.62. The molecule has 0 fully saturated rings. The summed E-state index contributed by atoms with van der Waals surface area (Å²) in [6, 6.07) is 24.1. The van der Waals surface area contributed by atoms with Crippen molar-refractivity contribution in [1.29, 1.82) is 0 Å². The zero-order valence-corrected chi connectivity index (χ0v) is 22.6. The van der Waals surface area contributed by atoms with Crippen LogP contribution in [-0.2, 0) is 12.5 Å². The van der Waals surface area contributed by atoms with E-state index in [1.807, 2.05) is 44.4 Å². The quantitative estimate of drug-likeness (QED) is 0.225.